The van der Waals surface area contributed by atoms with E-state index < -0.39 is 5.60 Å². The van der Waals surface area contributed by atoms with Crippen molar-refractivity contribution in [1.29, 1.82) is 0 Å². The molecule has 31 heavy (non-hydrogen) atoms. The minimum Gasteiger partial charge on any atom is -0.444 e. The zero-order chi connectivity index (χ0) is 22.9. The van der Waals surface area contributed by atoms with Gasteiger partial charge in [0.15, 0.2) is 0 Å². The number of fused-ring (bicyclic) bond motifs is 1. The number of imide groups is 1. The van der Waals surface area contributed by atoms with E-state index in [9.17, 15) is 14.4 Å². The van der Waals surface area contributed by atoms with Gasteiger partial charge in [0.05, 0.1) is 57.3 Å². The van der Waals surface area contributed by atoms with Crippen molar-refractivity contribution in [2.24, 2.45) is 0 Å². The minimum atomic E-state index is -0.521. The fraction of sp³-hybridized carbons (Fsp3) is 0.591. The number of benzene rings is 1. The van der Waals surface area contributed by atoms with Crippen molar-refractivity contribution in [2.75, 3.05) is 59.8 Å². The number of carbonyl (C=O) groups excluding carboxylic acids is 3. The average molecular weight is 437 g/mol. The standard InChI is InChI=1S/C22H32N2O7/c1-22(2,3)31-21(27)23(4)9-11-28-13-15-30-16-14-29-12-10-24-19(25)17-7-5-6-8-18(17)20(24)26/h5-8H,9-16H2,1-4H3. The topological polar surface area (TPSA) is 94.6 Å². The molecule has 172 valence electrons. The molecule has 1 aliphatic heterocycles. The van der Waals surface area contributed by atoms with E-state index >= 15 is 0 Å². The average Bonchev–Trinajstić information content (AvgIpc) is 2.95. The van der Waals surface area contributed by atoms with Gasteiger partial charge in [0.25, 0.3) is 11.8 Å². The van der Waals surface area contributed by atoms with Crippen LogP contribution in [0.4, 0.5) is 4.79 Å². The maximum absolute atomic E-state index is 12.2. The van der Waals surface area contributed by atoms with Gasteiger partial charge in [-0.05, 0) is 32.9 Å². The molecule has 9 heteroatoms. The van der Waals surface area contributed by atoms with E-state index in [1.807, 2.05) is 20.8 Å². The van der Waals surface area contributed by atoms with Crippen LogP contribution >= 0.6 is 0 Å². The molecule has 3 amide bonds. The first kappa shape index (κ1) is 24.8. The number of rotatable bonds is 12. The van der Waals surface area contributed by atoms with Crippen molar-refractivity contribution in [3.05, 3.63) is 35.4 Å². The lowest BCUT2D eigenvalue weighted by molar-refractivity contribution is 0.00333. The van der Waals surface area contributed by atoms with Crippen LogP contribution in [0.15, 0.2) is 24.3 Å². The Balaban J connectivity index is 1.45. The third kappa shape index (κ3) is 7.93. The monoisotopic (exact) mass is 436 g/mol. The third-order valence-corrected chi connectivity index (χ3v) is 4.36. The van der Waals surface area contributed by atoms with E-state index in [1.54, 1.807) is 31.3 Å². The molecule has 2 rings (SSSR count). The van der Waals surface area contributed by atoms with Gasteiger partial charge in [0.2, 0.25) is 0 Å². The van der Waals surface area contributed by atoms with Gasteiger partial charge in [-0.3, -0.25) is 14.5 Å². The maximum Gasteiger partial charge on any atom is 0.410 e. The molecule has 9 nitrogen and oxygen atoms in total. The molecular formula is C22H32N2O7. The van der Waals surface area contributed by atoms with E-state index in [2.05, 4.69) is 0 Å². The van der Waals surface area contributed by atoms with Crippen LogP contribution in [0.3, 0.4) is 0 Å². The Hall–Kier alpha value is -2.49. The summed E-state index contributed by atoms with van der Waals surface area (Å²) in [5, 5.41) is 0. The number of carbonyl (C=O) groups is 3. The maximum atomic E-state index is 12.2. The Morgan fingerprint density at radius 2 is 1.35 bits per heavy atom. The van der Waals surface area contributed by atoms with Crippen LogP contribution < -0.4 is 0 Å². The van der Waals surface area contributed by atoms with Crippen molar-refractivity contribution in [3.8, 4) is 0 Å². The van der Waals surface area contributed by atoms with Gasteiger partial charge in [-0.1, -0.05) is 12.1 Å². The lowest BCUT2D eigenvalue weighted by Crippen LogP contribution is -2.36. The fourth-order valence-corrected chi connectivity index (χ4v) is 2.77. The van der Waals surface area contributed by atoms with Crippen molar-refractivity contribution in [2.45, 2.75) is 26.4 Å². The van der Waals surface area contributed by atoms with Crippen LogP contribution in [-0.4, -0.2) is 93.1 Å². The number of amides is 3. The Morgan fingerprint density at radius 1 is 0.871 bits per heavy atom. The number of hydrogen-bond acceptors (Lipinski definition) is 7. The first-order valence-electron chi connectivity index (χ1n) is 10.3. The first-order valence-corrected chi connectivity index (χ1v) is 10.3. The summed E-state index contributed by atoms with van der Waals surface area (Å²) in [4.78, 5) is 38.9. The lowest BCUT2D eigenvalue weighted by atomic mass is 10.1. The Morgan fingerprint density at radius 3 is 1.87 bits per heavy atom. The van der Waals surface area contributed by atoms with E-state index in [0.717, 1.165) is 0 Å². The predicted octanol–water partition coefficient (Wildman–Crippen LogP) is 2.20. The molecular weight excluding hydrogens is 404 g/mol. The van der Waals surface area contributed by atoms with Crippen LogP contribution in [0.5, 0.6) is 0 Å². The zero-order valence-corrected chi connectivity index (χ0v) is 18.7. The summed E-state index contributed by atoms with van der Waals surface area (Å²) in [5.41, 5.74) is 0.355. The molecule has 0 unspecified atom stereocenters. The number of nitrogens with zero attached hydrogens (tertiary/aromatic N) is 2. The molecule has 1 aromatic rings. The van der Waals surface area contributed by atoms with Gasteiger partial charge in [0.1, 0.15) is 5.60 Å². The summed E-state index contributed by atoms with van der Waals surface area (Å²) >= 11 is 0. The minimum absolute atomic E-state index is 0.209. The molecule has 1 aromatic carbocycles. The van der Waals surface area contributed by atoms with Crippen molar-refractivity contribution in [3.63, 3.8) is 0 Å². The van der Waals surface area contributed by atoms with Crippen LogP contribution in [0.1, 0.15) is 41.5 Å². The van der Waals surface area contributed by atoms with Gasteiger partial charge >= 0.3 is 6.09 Å². The Labute approximate surface area is 183 Å². The summed E-state index contributed by atoms with van der Waals surface area (Å²) in [5.74, 6) is -0.565. The van der Waals surface area contributed by atoms with Gasteiger partial charge < -0.3 is 23.8 Å². The third-order valence-electron chi connectivity index (χ3n) is 4.36. The summed E-state index contributed by atoms with van der Waals surface area (Å²) in [6, 6.07) is 6.79. The van der Waals surface area contributed by atoms with Crippen LogP contribution in [0, 0.1) is 0 Å². The predicted molar refractivity (Wildman–Crippen MR) is 113 cm³/mol. The van der Waals surface area contributed by atoms with Crippen LogP contribution in [0.2, 0.25) is 0 Å². The number of likely N-dealkylation sites (N-methyl/N-ethyl adjacent to an activating group) is 1. The molecule has 0 aliphatic carbocycles. The highest BCUT2D eigenvalue weighted by Gasteiger charge is 2.34. The number of ether oxygens (including phenoxy) is 4. The van der Waals surface area contributed by atoms with Crippen LogP contribution in [-0.2, 0) is 18.9 Å². The molecule has 0 fully saturated rings. The summed E-state index contributed by atoms with van der Waals surface area (Å²) in [6.45, 7) is 8.26. The van der Waals surface area contributed by atoms with Crippen LogP contribution in [0.25, 0.3) is 0 Å². The van der Waals surface area contributed by atoms with E-state index in [0.29, 0.717) is 50.7 Å². The van der Waals surface area contributed by atoms with Gasteiger partial charge in [-0.25, -0.2) is 4.79 Å². The van der Waals surface area contributed by atoms with E-state index in [1.165, 1.54) is 9.80 Å². The van der Waals surface area contributed by atoms with Gasteiger partial charge in [0, 0.05) is 13.6 Å². The molecule has 1 heterocycles. The normalized spacial score (nSPS) is 13.5. The summed E-state index contributed by atoms with van der Waals surface area (Å²) < 4.78 is 21.6. The summed E-state index contributed by atoms with van der Waals surface area (Å²) in [6.07, 6.45) is -0.384. The second-order valence-electron chi connectivity index (χ2n) is 8.05. The highest BCUT2D eigenvalue weighted by molar-refractivity contribution is 6.21. The second-order valence-corrected chi connectivity index (χ2v) is 8.05. The number of hydrogen-bond donors (Lipinski definition) is 0. The Bertz CT molecular complexity index is 725. The first-order chi connectivity index (χ1) is 14.7. The second kappa shape index (κ2) is 11.8. The van der Waals surface area contributed by atoms with Crippen molar-refractivity contribution >= 4 is 17.9 Å². The molecule has 0 atom stereocenters. The summed E-state index contributed by atoms with van der Waals surface area (Å²) in [7, 11) is 1.66. The SMILES string of the molecule is CN(CCOCCOCCOCCN1C(=O)c2ccccc2C1=O)C(=O)OC(C)(C)C. The molecule has 0 saturated heterocycles. The fourth-order valence-electron chi connectivity index (χ4n) is 2.77. The molecule has 0 N–H and O–H groups in total. The van der Waals surface area contributed by atoms with E-state index in [-0.39, 0.29) is 31.1 Å². The van der Waals surface area contributed by atoms with E-state index in [4.69, 9.17) is 18.9 Å². The smallest absolute Gasteiger partial charge is 0.410 e. The molecule has 0 aromatic heterocycles. The zero-order valence-electron chi connectivity index (χ0n) is 18.7. The Kier molecular flexibility index (Phi) is 9.42. The molecule has 0 spiro atoms. The largest absolute Gasteiger partial charge is 0.444 e. The van der Waals surface area contributed by atoms with Gasteiger partial charge in [-0.2, -0.15) is 0 Å². The highest BCUT2D eigenvalue weighted by atomic mass is 16.6. The molecule has 1 aliphatic rings. The van der Waals surface area contributed by atoms with Crippen molar-refractivity contribution < 1.29 is 33.3 Å². The molecule has 0 saturated carbocycles. The molecule has 0 bridgehead atoms. The lowest BCUT2D eigenvalue weighted by Gasteiger charge is -2.24. The highest BCUT2D eigenvalue weighted by Crippen LogP contribution is 2.21. The van der Waals surface area contributed by atoms with Crippen molar-refractivity contribution in [1.82, 2.24) is 9.80 Å². The quantitative estimate of drug-likeness (QED) is 0.366. The van der Waals surface area contributed by atoms with Gasteiger partial charge in [-0.15, -0.1) is 0 Å². The molecule has 0 radical (unpaired) electrons.